The third-order valence-corrected chi connectivity index (χ3v) is 17.0. The van der Waals surface area contributed by atoms with Gasteiger partial charge in [0.1, 0.15) is 22.6 Å². The number of aliphatic hydroxyl groups is 1. The molecule has 79 heavy (non-hydrogen) atoms. The molecule has 0 saturated carbocycles. The van der Waals surface area contributed by atoms with E-state index in [1.807, 2.05) is 24.3 Å². The first kappa shape index (κ1) is 61.1. The second-order valence-corrected chi connectivity index (χ2v) is 27.9. The molecule has 7 aliphatic rings. The maximum atomic E-state index is 11.1. The highest BCUT2D eigenvalue weighted by Gasteiger charge is 2.43. The topological polar surface area (TPSA) is 198 Å². The molecule has 11 rings (SSSR count). The predicted molar refractivity (Wildman–Crippen MR) is 312 cm³/mol. The summed E-state index contributed by atoms with van der Waals surface area (Å²) < 4.78 is 16.8. The maximum Gasteiger partial charge on any atom is 0.407 e. The van der Waals surface area contributed by atoms with Gasteiger partial charge in [-0.3, -0.25) is 24.4 Å². The van der Waals surface area contributed by atoms with E-state index in [-0.39, 0.29) is 23.4 Å². The third-order valence-electron chi connectivity index (χ3n) is 16.0. The lowest BCUT2D eigenvalue weighted by Crippen LogP contribution is -2.49. The highest BCUT2D eigenvalue weighted by Crippen LogP contribution is 2.32. The summed E-state index contributed by atoms with van der Waals surface area (Å²) >= 11 is 0. The van der Waals surface area contributed by atoms with E-state index >= 15 is 0 Å². The fourth-order valence-corrected chi connectivity index (χ4v) is 12.5. The molecule has 2 spiro atoms. The Hall–Kier alpha value is -5.52. The van der Waals surface area contributed by atoms with Gasteiger partial charge in [-0.2, -0.15) is 5.26 Å². The van der Waals surface area contributed by atoms with Gasteiger partial charge in [-0.1, -0.05) is 121 Å². The van der Waals surface area contributed by atoms with Crippen molar-refractivity contribution in [2.75, 3.05) is 85.1 Å². The van der Waals surface area contributed by atoms with E-state index in [0.29, 0.717) is 25.4 Å². The summed E-state index contributed by atoms with van der Waals surface area (Å²) in [4.78, 5) is 42.5. The van der Waals surface area contributed by atoms with Crippen LogP contribution in [0.1, 0.15) is 86.5 Å². The SMILES string of the molecule is C[Si](C)(C)OC1(C#N)CCN(Cc2ccccc2)CC1.NCC1(O)CCN(Cc2ccccc2)CC1.O=C1CCN(Cc2ccccc2)CC1.O=C1NCC2(CCN(Cc3ccccc3)CC2)O1.O=C1NCC2(CCNCC2)O1. The Morgan fingerprint density at radius 3 is 1.22 bits per heavy atom. The Kier molecular flexibility index (Phi) is 23.0. The van der Waals surface area contributed by atoms with Gasteiger partial charge in [0.15, 0.2) is 8.32 Å². The zero-order valence-corrected chi connectivity index (χ0v) is 48.3. The number of amides is 2. The number of likely N-dealkylation sites (tertiary alicyclic amines) is 4. The molecule has 7 saturated heterocycles. The van der Waals surface area contributed by atoms with Crippen LogP contribution in [0.25, 0.3) is 0 Å². The lowest BCUT2D eigenvalue weighted by molar-refractivity contribution is -0.121. The highest BCUT2D eigenvalue weighted by molar-refractivity contribution is 6.69. The number of rotatable bonds is 11. The van der Waals surface area contributed by atoms with Crippen LogP contribution in [0.5, 0.6) is 0 Å². The summed E-state index contributed by atoms with van der Waals surface area (Å²) in [7, 11) is -1.68. The van der Waals surface area contributed by atoms with Crippen LogP contribution in [0.3, 0.4) is 0 Å². The average Bonchev–Trinajstić information content (AvgIpc) is 4.06. The summed E-state index contributed by atoms with van der Waals surface area (Å²) in [5, 5.41) is 28.2. The minimum absolute atomic E-state index is 0.178. The summed E-state index contributed by atoms with van der Waals surface area (Å²) in [6.07, 6.45) is 7.89. The predicted octanol–water partition coefficient (Wildman–Crippen LogP) is 7.83. The van der Waals surface area contributed by atoms with Crippen LogP contribution >= 0.6 is 0 Å². The van der Waals surface area contributed by atoms with Crippen molar-refractivity contribution in [3.63, 3.8) is 0 Å². The van der Waals surface area contributed by atoms with Gasteiger partial charge in [-0.05, 0) is 67.8 Å². The number of nitrogens with one attached hydrogen (secondary N) is 3. The van der Waals surface area contributed by atoms with Crippen LogP contribution < -0.4 is 21.7 Å². The van der Waals surface area contributed by atoms with Crippen LogP contribution in [-0.4, -0.2) is 158 Å². The number of piperidine rings is 5. The van der Waals surface area contributed by atoms with E-state index < -0.39 is 19.5 Å². The van der Waals surface area contributed by atoms with Crippen LogP contribution in [0, 0.1) is 11.3 Å². The van der Waals surface area contributed by atoms with Crippen molar-refractivity contribution in [1.82, 2.24) is 35.6 Å². The van der Waals surface area contributed by atoms with E-state index in [0.717, 1.165) is 156 Å². The van der Waals surface area contributed by atoms with Gasteiger partial charge < -0.3 is 40.7 Å². The number of ketones is 1. The van der Waals surface area contributed by atoms with Crippen molar-refractivity contribution in [2.45, 2.75) is 132 Å². The Balaban J connectivity index is 0.000000145. The smallest absolute Gasteiger partial charge is 0.407 e. The van der Waals surface area contributed by atoms with Gasteiger partial charge >= 0.3 is 12.2 Å². The second-order valence-electron chi connectivity index (χ2n) is 23.4. The fourth-order valence-electron chi connectivity index (χ4n) is 11.1. The Morgan fingerprint density at radius 1 is 0.544 bits per heavy atom. The quantitative estimate of drug-likeness (QED) is 0.0911. The summed E-state index contributed by atoms with van der Waals surface area (Å²) in [6, 6.07) is 44.3. The standard InChI is InChI=1S/C16H24N2OSi.C14H18N2O2.C13H20N2O.C12H15NO.C7H12N2O2/c1-20(2,3)19-16(14-17)9-11-18(12-10-16)13-15-7-5-4-6-8-15;17-13-15-11-14(18-13)6-8-16(9-7-14)10-12-4-2-1-3-5-12;14-11-13(16)6-8-15(9-7-13)10-12-4-2-1-3-5-12;14-12-6-8-13(9-7-12)10-11-4-2-1-3-5-11;10-6-9-5-7(11-6)1-3-8-4-2-7/h4-8H,9-13H2,1-3H3;1-5H,6-11H2,(H,15,17);1-5,16H,6-11,14H2;1-5H,6-10H2;8H,1-5H2,(H,9,10). The molecule has 0 aromatic heterocycles. The Labute approximate surface area is 471 Å². The molecule has 0 unspecified atom stereocenters. The number of Topliss-reactive ketones (excluding diaryl/α,β-unsaturated/α-hetero) is 1. The first-order valence-corrected chi connectivity index (χ1v) is 32.2. The van der Waals surface area contributed by atoms with Crippen molar-refractivity contribution in [3.8, 4) is 6.07 Å². The van der Waals surface area contributed by atoms with Crippen molar-refractivity contribution in [2.24, 2.45) is 5.73 Å². The number of ether oxygens (including phenoxy) is 2. The molecular formula is C62H89N9O7Si. The number of alkyl carbamates (subject to hydrolysis) is 2. The summed E-state index contributed by atoms with van der Waals surface area (Å²) in [5.74, 6) is 0.411. The lowest BCUT2D eigenvalue weighted by Gasteiger charge is -2.40. The molecule has 0 radical (unpaired) electrons. The van der Waals surface area contributed by atoms with E-state index in [2.05, 4.69) is 158 Å². The van der Waals surface area contributed by atoms with Crippen molar-refractivity contribution in [1.29, 1.82) is 5.26 Å². The molecule has 16 nitrogen and oxygen atoms in total. The number of benzene rings is 4. The number of nitrogens with zero attached hydrogens (tertiary/aromatic N) is 5. The molecular weight excluding hydrogens is 1010 g/mol. The van der Waals surface area contributed by atoms with Gasteiger partial charge in [0.05, 0.1) is 24.8 Å². The van der Waals surface area contributed by atoms with Crippen molar-refractivity contribution in [3.05, 3.63) is 144 Å². The normalized spacial score (nSPS) is 21.5. The molecule has 4 aromatic rings. The molecule has 0 bridgehead atoms. The molecule has 4 aromatic carbocycles. The lowest BCUT2D eigenvalue weighted by atomic mass is 9.91. The number of hydrogen-bond acceptors (Lipinski definition) is 14. The average molecular weight is 1100 g/mol. The van der Waals surface area contributed by atoms with Gasteiger partial charge in [0, 0.05) is 136 Å². The second kappa shape index (κ2) is 29.8. The molecule has 7 heterocycles. The van der Waals surface area contributed by atoms with Crippen LogP contribution in [0.15, 0.2) is 121 Å². The monoisotopic (exact) mass is 1100 g/mol. The summed E-state index contributed by atoms with van der Waals surface area (Å²) in [5.41, 5.74) is 9.34. The van der Waals surface area contributed by atoms with Gasteiger partial charge in [0.2, 0.25) is 0 Å². The first-order valence-electron chi connectivity index (χ1n) is 28.8. The number of nitrogens with two attached hydrogens (primary N) is 1. The first-order chi connectivity index (χ1) is 38.1. The van der Waals surface area contributed by atoms with E-state index in [1.165, 1.54) is 22.3 Å². The van der Waals surface area contributed by atoms with Crippen LogP contribution in [0.4, 0.5) is 9.59 Å². The molecule has 0 aliphatic carbocycles. The number of carbonyl (C=O) groups excluding carboxylic acids is 3. The van der Waals surface area contributed by atoms with E-state index in [4.69, 9.17) is 19.6 Å². The molecule has 0 atom stereocenters. The fraction of sp³-hybridized carbons (Fsp3) is 0.548. The van der Waals surface area contributed by atoms with Crippen molar-refractivity contribution < 1.29 is 33.4 Å². The van der Waals surface area contributed by atoms with Gasteiger partial charge in [0.25, 0.3) is 0 Å². The number of carbonyl (C=O) groups is 3. The molecule has 6 N–H and O–H groups in total. The van der Waals surface area contributed by atoms with Gasteiger partial charge in [-0.15, -0.1) is 0 Å². The zero-order chi connectivity index (χ0) is 56.0. The number of nitriles is 1. The summed E-state index contributed by atoms with van der Waals surface area (Å²) in [6.45, 7) is 21.6. The Bertz CT molecular complexity index is 2480. The van der Waals surface area contributed by atoms with Crippen molar-refractivity contribution >= 4 is 26.3 Å². The molecule has 7 fully saturated rings. The molecule has 17 heteroatoms. The highest BCUT2D eigenvalue weighted by atomic mass is 28.4. The van der Waals surface area contributed by atoms with E-state index in [1.54, 1.807) is 0 Å². The minimum Gasteiger partial charge on any atom is -0.441 e. The zero-order valence-electron chi connectivity index (χ0n) is 47.3. The van der Waals surface area contributed by atoms with Gasteiger partial charge in [-0.25, -0.2) is 9.59 Å². The largest absolute Gasteiger partial charge is 0.441 e. The third kappa shape index (κ3) is 20.5. The number of hydrogen-bond donors (Lipinski definition) is 5. The van der Waals surface area contributed by atoms with E-state index in [9.17, 15) is 24.8 Å². The minimum atomic E-state index is -1.68. The molecule has 428 valence electrons. The van der Waals surface area contributed by atoms with Crippen LogP contribution in [0.2, 0.25) is 19.6 Å². The Morgan fingerprint density at radius 2 is 0.886 bits per heavy atom. The molecule has 7 aliphatic heterocycles. The maximum absolute atomic E-state index is 11.1. The van der Waals surface area contributed by atoms with Crippen LogP contribution in [-0.2, 0) is 44.9 Å². The molecule has 2 amide bonds.